The maximum absolute atomic E-state index is 6.35. The Hall–Kier alpha value is -2.04. The molecule has 1 atom stereocenters. The second-order valence-corrected chi connectivity index (χ2v) is 4.97. The summed E-state index contributed by atoms with van der Waals surface area (Å²) in [7, 11) is 3.79. The maximum atomic E-state index is 6.35. The monoisotopic (exact) mass is 259 g/mol. The van der Waals surface area contributed by atoms with Gasteiger partial charge in [-0.05, 0) is 26.8 Å². The van der Waals surface area contributed by atoms with Gasteiger partial charge in [-0.2, -0.15) is 0 Å². The van der Waals surface area contributed by atoms with Gasteiger partial charge in [0.1, 0.15) is 5.82 Å². The number of fused-ring (bicyclic) bond motifs is 1. The highest BCUT2D eigenvalue weighted by Crippen LogP contribution is 2.38. The van der Waals surface area contributed by atoms with E-state index in [1.165, 1.54) is 0 Å². The molecule has 1 unspecified atom stereocenters. The van der Waals surface area contributed by atoms with Crippen LogP contribution in [0.1, 0.15) is 25.1 Å². The summed E-state index contributed by atoms with van der Waals surface area (Å²) < 4.78 is 0. The van der Waals surface area contributed by atoms with Gasteiger partial charge in [0.2, 0.25) is 0 Å². The number of pyridine rings is 1. The van der Waals surface area contributed by atoms with Crippen molar-refractivity contribution in [3.05, 3.63) is 22.9 Å². The highest BCUT2D eigenvalue weighted by molar-refractivity contribution is 6.08. The van der Waals surface area contributed by atoms with Gasteiger partial charge in [-0.15, -0.1) is 0 Å². The van der Waals surface area contributed by atoms with E-state index >= 15 is 0 Å². The number of nitrogen functional groups attached to an aromatic ring is 1. The van der Waals surface area contributed by atoms with Crippen molar-refractivity contribution in [1.82, 2.24) is 4.98 Å². The van der Waals surface area contributed by atoms with Gasteiger partial charge in [0, 0.05) is 42.3 Å². The quantitative estimate of drug-likeness (QED) is 0.750. The van der Waals surface area contributed by atoms with Crippen molar-refractivity contribution in [3.8, 4) is 0 Å². The van der Waals surface area contributed by atoms with Gasteiger partial charge in [0.05, 0.1) is 11.7 Å². The molecule has 102 valence electrons. The van der Waals surface area contributed by atoms with E-state index in [1.54, 1.807) is 7.05 Å². The number of nitrogens with two attached hydrogens (primary N) is 2. The van der Waals surface area contributed by atoms with Crippen LogP contribution in [0, 0.1) is 6.92 Å². The molecular weight excluding hydrogens is 238 g/mol. The predicted molar refractivity (Wildman–Crippen MR) is 81.4 cm³/mol. The minimum Gasteiger partial charge on any atom is -0.398 e. The van der Waals surface area contributed by atoms with E-state index in [1.807, 2.05) is 27.0 Å². The van der Waals surface area contributed by atoms with E-state index in [2.05, 4.69) is 21.8 Å². The fraction of sp³-hybridized carbons (Fsp3) is 0.429. The minimum atomic E-state index is 0.128. The summed E-state index contributed by atoms with van der Waals surface area (Å²) in [5.74, 6) is 0.525. The Kier molecular flexibility index (Phi) is 3.22. The number of aryl methyl sites for hydroxylation is 1. The standard InChI is InChI=1S/C14H21N5/c1-7-6-10-12(15)11(8(2)17-4)9(3)19(5)13(10)14(16)18-7/h6,9H,15H2,1-5H3,(H2,16,18). The molecule has 2 heterocycles. The van der Waals surface area contributed by atoms with E-state index in [9.17, 15) is 0 Å². The van der Waals surface area contributed by atoms with Gasteiger partial charge in [-0.3, -0.25) is 4.99 Å². The lowest BCUT2D eigenvalue weighted by atomic mass is 9.91. The van der Waals surface area contributed by atoms with Crippen molar-refractivity contribution in [1.29, 1.82) is 0 Å². The Bertz CT molecular complexity index is 586. The molecule has 0 bridgehead atoms. The molecule has 0 fully saturated rings. The molecule has 0 saturated carbocycles. The highest BCUT2D eigenvalue weighted by atomic mass is 15.2. The Labute approximate surface area is 114 Å². The average molecular weight is 259 g/mol. The summed E-state index contributed by atoms with van der Waals surface area (Å²) >= 11 is 0. The van der Waals surface area contributed by atoms with E-state index in [0.29, 0.717) is 5.82 Å². The van der Waals surface area contributed by atoms with Crippen molar-refractivity contribution >= 4 is 22.9 Å². The molecule has 1 aromatic rings. The first-order valence-corrected chi connectivity index (χ1v) is 6.32. The number of hydrogen-bond acceptors (Lipinski definition) is 5. The third kappa shape index (κ3) is 1.95. The van der Waals surface area contributed by atoms with Crippen molar-refractivity contribution in [2.45, 2.75) is 26.8 Å². The molecule has 1 aromatic heterocycles. The zero-order chi connectivity index (χ0) is 14.3. The number of nitrogens with zero attached hydrogens (tertiary/aromatic N) is 3. The van der Waals surface area contributed by atoms with Gasteiger partial charge < -0.3 is 16.4 Å². The first-order chi connectivity index (χ1) is 8.88. The average Bonchev–Trinajstić information content (AvgIpc) is 2.35. The lowest BCUT2D eigenvalue weighted by Crippen LogP contribution is -2.39. The summed E-state index contributed by atoms with van der Waals surface area (Å²) in [6.07, 6.45) is 0. The minimum absolute atomic E-state index is 0.128. The fourth-order valence-electron chi connectivity index (χ4n) is 2.64. The topological polar surface area (TPSA) is 80.5 Å². The van der Waals surface area contributed by atoms with E-state index < -0.39 is 0 Å². The number of aliphatic imine (C=N–C) groups is 1. The van der Waals surface area contributed by atoms with Gasteiger partial charge in [0.15, 0.2) is 0 Å². The van der Waals surface area contributed by atoms with Crippen LogP contribution in [0.4, 0.5) is 11.5 Å². The van der Waals surface area contributed by atoms with Crippen LogP contribution in [-0.2, 0) is 0 Å². The lowest BCUT2D eigenvalue weighted by Gasteiger charge is -2.36. The Balaban J connectivity index is 2.78. The van der Waals surface area contributed by atoms with Crippen molar-refractivity contribution in [3.63, 3.8) is 0 Å². The van der Waals surface area contributed by atoms with E-state index in [-0.39, 0.29) is 6.04 Å². The summed E-state index contributed by atoms with van der Waals surface area (Å²) in [5.41, 5.74) is 17.9. The Morgan fingerprint density at radius 3 is 2.63 bits per heavy atom. The lowest BCUT2D eigenvalue weighted by molar-refractivity contribution is 0.788. The highest BCUT2D eigenvalue weighted by Gasteiger charge is 2.30. The first kappa shape index (κ1) is 13.4. The molecule has 0 aliphatic carbocycles. The first-order valence-electron chi connectivity index (χ1n) is 6.32. The van der Waals surface area contributed by atoms with Crippen LogP contribution in [0.5, 0.6) is 0 Å². The number of likely N-dealkylation sites (N-methyl/N-ethyl adjacent to an activating group) is 1. The summed E-state index contributed by atoms with van der Waals surface area (Å²) in [6, 6.07) is 2.11. The molecule has 0 saturated heterocycles. The predicted octanol–water partition coefficient (Wildman–Crippen LogP) is 1.57. The van der Waals surface area contributed by atoms with Crippen LogP contribution >= 0.6 is 0 Å². The van der Waals surface area contributed by atoms with Crippen LogP contribution in [-0.4, -0.2) is 30.8 Å². The number of anilines is 2. The molecule has 0 radical (unpaired) electrons. The van der Waals surface area contributed by atoms with Gasteiger partial charge in [-0.25, -0.2) is 4.98 Å². The second kappa shape index (κ2) is 4.57. The van der Waals surface area contributed by atoms with Crippen molar-refractivity contribution < 1.29 is 0 Å². The van der Waals surface area contributed by atoms with Crippen LogP contribution in [0.3, 0.4) is 0 Å². The van der Waals surface area contributed by atoms with Crippen LogP contribution in [0.2, 0.25) is 0 Å². The Morgan fingerprint density at radius 1 is 1.42 bits per heavy atom. The molecule has 0 aromatic carbocycles. The molecule has 19 heavy (non-hydrogen) atoms. The molecule has 4 N–H and O–H groups in total. The molecule has 2 rings (SSSR count). The molecule has 0 spiro atoms. The third-order valence-electron chi connectivity index (χ3n) is 3.80. The summed E-state index contributed by atoms with van der Waals surface area (Å²) in [6.45, 7) is 6.00. The maximum Gasteiger partial charge on any atom is 0.148 e. The number of hydrogen-bond donors (Lipinski definition) is 2. The van der Waals surface area contributed by atoms with Crippen LogP contribution < -0.4 is 16.4 Å². The smallest absolute Gasteiger partial charge is 0.148 e. The van der Waals surface area contributed by atoms with Crippen LogP contribution in [0.25, 0.3) is 5.70 Å². The van der Waals surface area contributed by atoms with Gasteiger partial charge in [-0.1, -0.05) is 0 Å². The molecule has 1 aliphatic heterocycles. The number of aromatic nitrogens is 1. The zero-order valence-corrected chi connectivity index (χ0v) is 12.2. The van der Waals surface area contributed by atoms with Gasteiger partial charge in [0.25, 0.3) is 0 Å². The normalized spacial score (nSPS) is 19.7. The van der Waals surface area contributed by atoms with Crippen LogP contribution in [0.15, 0.2) is 16.6 Å². The van der Waals surface area contributed by atoms with Gasteiger partial charge >= 0.3 is 0 Å². The van der Waals surface area contributed by atoms with Crippen molar-refractivity contribution in [2.24, 2.45) is 10.7 Å². The molecule has 0 amide bonds. The number of rotatable bonds is 1. The Morgan fingerprint density at radius 2 is 2.05 bits per heavy atom. The SMILES string of the molecule is CN=C(C)C1=C(N)c2cc(C)nc(N)c2N(C)C1C. The summed E-state index contributed by atoms with van der Waals surface area (Å²) in [5, 5.41) is 0. The molecule has 5 heteroatoms. The fourth-order valence-corrected chi connectivity index (χ4v) is 2.64. The second-order valence-electron chi connectivity index (χ2n) is 4.97. The van der Waals surface area contributed by atoms with Crippen molar-refractivity contribution in [2.75, 3.05) is 24.7 Å². The molecular formula is C14H21N5. The summed E-state index contributed by atoms with van der Waals surface area (Å²) in [4.78, 5) is 10.7. The largest absolute Gasteiger partial charge is 0.398 e. The molecule has 5 nitrogen and oxygen atoms in total. The molecule has 1 aliphatic rings. The zero-order valence-electron chi connectivity index (χ0n) is 12.2. The van der Waals surface area contributed by atoms with E-state index in [4.69, 9.17) is 11.5 Å². The van der Waals surface area contributed by atoms with E-state index in [0.717, 1.165) is 33.9 Å². The third-order valence-corrected chi connectivity index (χ3v) is 3.80.